The number of hydrogen-bond acceptors (Lipinski definition) is 3. The van der Waals surface area contributed by atoms with Gasteiger partial charge >= 0.3 is 0 Å². The Labute approximate surface area is 104 Å². The molecule has 0 amide bonds. The maximum absolute atomic E-state index is 5.91. The first-order valence-electron chi connectivity index (χ1n) is 6.51. The number of benzene rings is 1. The van der Waals surface area contributed by atoms with Crippen LogP contribution in [-0.4, -0.2) is 19.6 Å². The molecule has 3 heteroatoms. The fourth-order valence-corrected chi connectivity index (χ4v) is 2.49. The Balaban J connectivity index is 2.06. The lowest BCUT2D eigenvalue weighted by Crippen LogP contribution is -2.34. The van der Waals surface area contributed by atoms with Crippen LogP contribution in [0.3, 0.4) is 0 Å². The summed E-state index contributed by atoms with van der Waals surface area (Å²) < 4.78 is 0. The topological polar surface area (TPSA) is 55.3 Å². The van der Waals surface area contributed by atoms with E-state index in [1.807, 2.05) is 0 Å². The molecule has 4 N–H and O–H groups in total. The van der Waals surface area contributed by atoms with Gasteiger partial charge in [-0.05, 0) is 36.5 Å². The number of nitrogens with zero attached hydrogens (tertiary/aromatic N) is 1. The minimum Gasteiger partial charge on any atom is -0.371 e. The Morgan fingerprint density at radius 1 is 1.35 bits per heavy atom. The maximum Gasteiger partial charge on any atom is 0.0419 e. The van der Waals surface area contributed by atoms with Crippen molar-refractivity contribution in [3.63, 3.8) is 0 Å². The number of rotatable bonds is 3. The van der Waals surface area contributed by atoms with Gasteiger partial charge in [0.25, 0.3) is 0 Å². The number of nitrogens with two attached hydrogens (primary N) is 2. The molecule has 0 saturated carbocycles. The van der Waals surface area contributed by atoms with Gasteiger partial charge in [0.2, 0.25) is 0 Å². The van der Waals surface area contributed by atoms with Crippen LogP contribution >= 0.6 is 0 Å². The molecule has 1 aliphatic rings. The molecule has 1 saturated heterocycles. The monoisotopic (exact) mass is 233 g/mol. The maximum atomic E-state index is 5.91. The highest BCUT2D eigenvalue weighted by atomic mass is 15.1. The minimum absolute atomic E-state index is 0.0377. The van der Waals surface area contributed by atoms with Crippen molar-refractivity contribution in [1.29, 1.82) is 0 Å². The molecule has 0 aliphatic carbocycles. The second-order valence-corrected chi connectivity index (χ2v) is 5.13. The summed E-state index contributed by atoms with van der Waals surface area (Å²) in [6, 6.07) is 8.51. The molecule has 1 aliphatic heterocycles. The molecule has 0 radical (unpaired) electrons. The van der Waals surface area contributed by atoms with E-state index in [1.54, 1.807) is 0 Å². The molecule has 3 nitrogen and oxygen atoms in total. The molecule has 0 aromatic heterocycles. The third-order valence-electron chi connectivity index (χ3n) is 3.60. The zero-order valence-corrected chi connectivity index (χ0v) is 10.6. The minimum atomic E-state index is -0.0377. The standard InChI is InChI=1S/C14H23N3/c1-11-3-2-8-17(10-11)13-6-4-12(5-7-13)14(16)9-15/h4-7,11,14H,2-3,8-10,15-16H2,1H3/t11?,14-/m0/s1. The van der Waals surface area contributed by atoms with Crippen molar-refractivity contribution >= 4 is 5.69 Å². The number of piperidine rings is 1. The van der Waals surface area contributed by atoms with E-state index >= 15 is 0 Å². The Hall–Kier alpha value is -1.06. The molecule has 2 rings (SSSR count). The van der Waals surface area contributed by atoms with E-state index in [1.165, 1.54) is 31.6 Å². The van der Waals surface area contributed by atoms with Crippen LogP contribution in [0.2, 0.25) is 0 Å². The van der Waals surface area contributed by atoms with E-state index in [2.05, 4.69) is 36.1 Å². The second kappa shape index (κ2) is 5.52. The summed E-state index contributed by atoms with van der Waals surface area (Å²) in [5.74, 6) is 0.801. The Morgan fingerprint density at radius 3 is 2.65 bits per heavy atom. The summed E-state index contributed by atoms with van der Waals surface area (Å²) in [4.78, 5) is 2.46. The van der Waals surface area contributed by atoms with Gasteiger partial charge in [-0.25, -0.2) is 0 Å². The number of hydrogen-bond donors (Lipinski definition) is 2. The van der Waals surface area contributed by atoms with Crippen molar-refractivity contribution in [2.75, 3.05) is 24.5 Å². The zero-order chi connectivity index (χ0) is 12.3. The highest BCUT2D eigenvalue weighted by molar-refractivity contribution is 5.48. The summed E-state index contributed by atoms with van der Waals surface area (Å²) in [7, 11) is 0. The van der Waals surface area contributed by atoms with Crippen molar-refractivity contribution in [1.82, 2.24) is 0 Å². The van der Waals surface area contributed by atoms with Crippen LogP contribution in [0.25, 0.3) is 0 Å². The van der Waals surface area contributed by atoms with Crippen molar-refractivity contribution in [3.05, 3.63) is 29.8 Å². The van der Waals surface area contributed by atoms with Gasteiger partial charge < -0.3 is 16.4 Å². The van der Waals surface area contributed by atoms with Crippen molar-refractivity contribution in [2.24, 2.45) is 17.4 Å². The predicted molar refractivity (Wildman–Crippen MR) is 73.0 cm³/mol. The Bertz CT molecular complexity index is 347. The van der Waals surface area contributed by atoms with E-state index in [4.69, 9.17) is 11.5 Å². The summed E-state index contributed by atoms with van der Waals surface area (Å²) >= 11 is 0. The molecule has 1 heterocycles. The van der Waals surface area contributed by atoms with Gasteiger partial charge in [0, 0.05) is 31.4 Å². The molecular weight excluding hydrogens is 210 g/mol. The molecule has 17 heavy (non-hydrogen) atoms. The van der Waals surface area contributed by atoms with E-state index in [9.17, 15) is 0 Å². The van der Waals surface area contributed by atoms with Gasteiger partial charge in [-0.2, -0.15) is 0 Å². The van der Waals surface area contributed by atoms with Gasteiger partial charge in [-0.15, -0.1) is 0 Å². The summed E-state index contributed by atoms with van der Waals surface area (Å²) in [5, 5.41) is 0. The fraction of sp³-hybridized carbons (Fsp3) is 0.571. The SMILES string of the molecule is CC1CCCN(c2ccc([C@@H](N)CN)cc2)C1. The van der Waals surface area contributed by atoms with Crippen molar-refractivity contribution in [3.8, 4) is 0 Å². The van der Waals surface area contributed by atoms with Crippen LogP contribution < -0.4 is 16.4 Å². The third kappa shape index (κ3) is 2.99. The summed E-state index contributed by atoms with van der Waals surface area (Å²) in [6.07, 6.45) is 2.65. The quantitative estimate of drug-likeness (QED) is 0.838. The smallest absolute Gasteiger partial charge is 0.0419 e. The second-order valence-electron chi connectivity index (χ2n) is 5.13. The van der Waals surface area contributed by atoms with Crippen LogP contribution in [0.5, 0.6) is 0 Å². The molecule has 2 atom stereocenters. The first-order valence-corrected chi connectivity index (χ1v) is 6.51. The van der Waals surface area contributed by atoms with Crippen LogP contribution in [-0.2, 0) is 0 Å². The highest BCUT2D eigenvalue weighted by Crippen LogP contribution is 2.24. The van der Waals surface area contributed by atoms with Gasteiger partial charge in [0.05, 0.1) is 0 Å². The average molecular weight is 233 g/mol. The molecule has 1 aromatic carbocycles. The Morgan fingerprint density at radius 2 is 2.06 bits per heavy atom. The first kappa shape index (κ1) is 12.4. The lowest BCUT2D eigenvalue weighted by atomic mass is 9.99. The molecule has 1 aromatic rings. The lowest BCUT2D eigenvalue weighted by Gasteiger charge is -2.33. The summed E-state index contributed by atoms with van der Waals surface area (Å²) in [5.41, 5.74) is 13.9. The normalized spacial score (nSPS) is 22.5. The van der Waals surface area contributed by atoms with E-state index < -0.39 is 0 Å². The van der Waals surface area contributed by atoms with Gasteiger partial charge in [-0.3, -0.25) is 0 Å². The molecule has 1 unspecified atom stereocenters. The zero-order valence-electron chi connectivity index (χ0n) is 10.6. The number of anilines is 1. The molecule has 94 valence electrons. The van der Waals surface area contributed by atoms with Crippen LogP contribution in [0.15, 0.2) is 24.3 Å². The van der Waals surface area contributed by atoms with Crippen molar-refractivity contribution < 1.29 is 0 Å². The highest BCUT2D eigenvalue weighted by Gasteiger charge is 2.16. The van der Waals surface area contributed by atoms with E-state index in [0.29, 0.717) is 6.54 Å². The fourth-order valence-electron chi connectivity index (χ4n) is 2.49. The molecule has 1 fully saturated rings. The van der Waals surface area contributed by atoms with Gasteiger partial charge in [0.1, 0.15) is 0 Å². The predicted octanol–water partition coefficient (Wildman–Crippen LogP) is 1.88. The van der Waals surface area contributed by atoms with Crippen molar-refractivity contribution in [2.45, 2.75) is 25.8 Å². The molecule has 0 bridgehead atoms. The Kier molecular flexibility index (Phi) is 4.02. The van der Waals surface area contributed by atoms with Crippen LogP contribution in [0.4, 0.5) is 5.69 Å². The summed E-state index contributed by atoms with van der Waals surface area (Å²) in [6.45, 7) is 5.17. The molecular formula is C14H23N3. The first-order chi connectivity index (χ1) is 8.20. The lowest BCUT2D eigenvalue weighted by molar-refractivity contribution is 0.447. The van der Waals surface area contributed by atoms with E-state index in [-0.39, 0.29) is 6.04 Å². The van der Waals surface area contributed by atoms with E-state index in [0.717, 1.165) is 11.5 Å². The van der Waals surface area contributed by atoms with Crippen LogP contribution in [0, 0.1) is 5.92 Å². The third-order valence-corrected chi connectivity index (χ3v) is 3.60. The average Bonchev–Trinajstić information content (AvgIpc) is 2.38. The van der Waals surface area contributed by atoms with Gasteiger partial charge in [-0.1, -0.05) is 19.1 Å². The molecule has 0 spiro atoms. The largest absolute Gasteiger partial charge is 0.371 e. The van der Waals surface area contributed by atoms with Gasteiger partial charge in [0.15, 0.2) is 0 Å². The van der Waals surface area contributed by atoms with Crippen LogP contribution in [0.1, 0.15) is 31.4 Å².